The van der Waals surface area contributed by atoms with Gasteiger partial charge in [0.2, 0.25) is 0 Å². The molecule has 1 heterocycles. The third kappa shape index (κ3) is 17.7. The van der Waals surface area contributed by atoms with E-state index in [4.69, 9.17) is 15.2 Å². The van der Waals surface area contributed by atoms with Gasteiger partial charge in [-0.1, -0.05) is 44.8 Å². The minimum atomic E-state index is -0.0656. The summed E-state index contributed by atoms with van der Waals surface area (Å²) in [5.41, 5.74) is 8.34. The van der Waals surface area contributed by atoms with Gasteiger partial charge in [-0.15, -0.1) is 9.24 Å². The van der Waals surface area contributed by atoms with Crippen LogP contribution in [0.2, 0.25) is 0 Å². The first kappa shape index (κ1) is 35.8. The van der Waals surface area contributed by atoms with Crippen molar-refractivity contribution in [3.8, 4) is 0 Å². The lowest BCUT2D eigenvalue weighted by Gasteiger charge is -2.21. The van der Waals surface area contributed by atoms with Crippen molar-refractivity contribution in [2.24, 2.45) is 10.7 Å². The zero-order chi connectivity index (χ0) is 27.2. The second kappa shape index (κ2) is 23.1. The molecule has 0 aliphatic heterocycles. The van der Waals surface area contributed by atoms with Crippen molar-refractivity contribution >= 4 is 34.7 Å². The number of allylic oxidation sites excluding steroid dienone is 1. The molecule has 1 rings (SSSR count). The maximum Gasteiger partial charge on any atom is 0.195 e. The van der Waals surface area contributed by atoms with Crippen LogP contribution in [-0.2, 0) is 14.3 Å². The smallest absolute Gasteiger partial charge is 0.195 e. The summed E-state index contributed by atoms with van der Waals surface area (Å²) in [6.45, 7) is 16.4. The topological polar surface area (TPSA) is 99.7 Å². The van der Waals surface area contributed by atoms with Crippen LogP contribution in [0, 0.1) is 6.92 Å². The van der Waals surface area contributed by atoms with Crippen LogP contribution in [0.1, 0.15) is 67.0 Å². The molecule has 0 aliphatic carbocycles. The number of nitrogens with two attached hydrogens (primary N) is 1. The van der Waals surface area contributed by atoms with Crippen molar-refractivity contribution in [1.29, 1.82) is 0 Å². The quantitative estimate of drug-likeness (QED) is 0.192. The van der Waals surface area contributed by atoms with E-state index < -0.39 is 0 Å². The SMILES string of the molecule is C/C=C\C(N)C(/C=C/P)OC(C)C.CC.CCC(CCOC)PC(=O)C(C)=Nc1cncnc1C. The monoisotopic (exact) mass is 526 g/mol. The molecule has 9 heteroatoms. The van der Waals surface area contributed by atoms with E-state index in [9.17, 15) is 4.79 Å². The van der Waals surface area contributed by atoms with Gasteiger partial charge in [0.1, 0.15) is 12.0 Å². The van der Waals surface area contributed by atoms with Gasteiger partial charge in [-0.2, -0.15) is 0 Å². The summed E-state index contributed by atoms with van der Waals surface area (Å²) in [4.78, 5) is 24.5. The van der Waals surface area contributed by atoms with Crippen LogP contribution in [0.5, 0.6) is 0 Å². The Kier molecular flexibility index (Phi) is 23.6. The molecule has 0 aromatic carbocycles. The molecule has 5 unspecified atom stereocenters. The van der Waals surface area contributed by atoms with Gasteiger partial charge in [0.25, 0.3) is 0 Å². The average Bonchev–Trinajstić information content (AvgIpc) is 2.84. The summed E-state index contributed by atoms with van der Waals surface area (Å²) in [6.07, 6.45) is 11.0. The number of nitrogens with zero attached hydrogens (tertiary/aromatic N) is 3. The van der Waals surface area contributed by atoms with E-state index in [0.717, 1.165) is 18.5 Å². The number of aromatic nitrogens is 2. The molecule has 1 aromatic heterocycles. The second-order valence-electron chi connectivity index (χ2n) is 7.69. The molecule has 35 heavy (non-hydrogen) atoms. The molecule has 2 N–H and O–H groups in total. The Morgan fingerprint density at radius 2 is 1.97 bits per heavy atom. The Morgan fingerprint density at radius 3 is 2.46 bits per heavy atom. The highest BCUT2D eigenvalue weighted by molar-refractivity contribution is 7.62. The molecule has 0 amide bonds. The first-order chi connectivity index (χ1) is 16.7. The molecule has 200 valence electrons. The summed E-state index contributed by atoms with van der Waals surface area (Å²) in [7, 11) is 4.45. The van der Waals surface area contributed by atoms with E-state index in [1.165, 1.54) is 6.33 Å². The Morgan fingerprint density at radius 1 is 1.31 bits per heavy atom. The van der Waals surface area contributed by atoms with Gasteiger partial charge in [0, 0.05) is 13.7 Å². The molecule has 1 aromatic rings. The highest BCUT2D eigenvalue weighted by Crippen LogP contribution is 2.27. The van der Waals surface area contributed by atoms with Gasteiger partial charge in [0.15, 0.2) is 5.52 Å². The number of hydrogen-bond acceptors (Lipinski definition) is 7. The lowest BCUT2D eigenvalue weighted by molar-refractivity contribution is -0.105. The number of ether oxygens (including phenoxy) is 2. The fourth-order valence-electron chi connectivity index (χ4n) is 2.67. The summed E-state index contributed by atoms with van der Waals surface area (Å²) in [5.74, 6) is 1.89. The first-order valence-electron chi connectivity index (χ1n) is 12.2. The van der Waals surface area contributed by atoms with E-state index in [1.54, 1.807) is 20.2 Å². The maximum absolute atomic E-state index is 12.2. The van der Waals surface area contributed by atoms with Crippen LogP contribution in [0.25, 0.3) is 0 Å². The number of aliphatic imine (C=N–C) groups is 1. The molecule has 7 nitrogen and oxygen atoms in total. The molecule has 0 fully saturated rings. The van der Waals surface area contributed by atoms with E-state index in [0.29, 0.717) is 23.7 Å². The summed E-state index contributed by atoms with van der Waals surface area (Å²) in [5, 5.41) is 0. The average molecular weight is 527 g/mol. The standard InChI is InChI=1S/C14H22N3O2P.C10H20NOP.C2H6/c1-5-12(6-7-19-4)20-14(18)11(3)17-13-8-15-9-16-10(13)2;1-4-5-9(11)10(6-7-13)12-8(2)3;1-2/h8-9,12,20H,5-7H2,1-4H3;4-10H,11,13H2,1-3H3;1-2H3/b;5-4-,7-6+;. The molecule has 0 spiro atoms. The zero-order valence-electron chi connectivity index (χ0n) is 23.1. The van der Waals surface area contributed by atoms with Gasteiger partial charge in [-0.3, -0.25) is 4.79 Å². The highest BCUT2D eigenvalue weighted by atomic mass is 31.1. The van der Waals surface area contributed by atoms with Crippen molar-refractivity contribution in [2.75, 3.05) is 13.7 Å². The van der Waals surface area contributed by atoms with Crippen molar-refractivity contribution in [3.63, 3.8) is 0 Å². The third-order valence-electron chi connectivity index (χ3n) is 4.52. The van der Waals surface area contributed by atoms with Crippen LogP contribution in [0.15, 0.2) is 41.6 Å². The van der Waals surface area contributed by atoms with E-state index >= 15 is 0 Å². The fourth-order valence-corrected chi connectivity index (χ4v) is 3.99. The van der Waals surface area contributed by atoms with E-state index in [2.05, 4.69) is 31.1 Å². The molecule has 0 saturated heterocycles. The van der Waals surface area contributed by atoms with Crippen molar-refractivity contribution in [2.45, 2.75) is 92.1 Å². The molecule has 0 bridgehead atoms. The number of hydrogen-bond donors (Lipinski definition) is 1. The maximum atomic E-state index is 12.2. The fraction of sp³-hybridized carbons (Fsp3) is 0.615. The minimum absolute atomic E-state index is 0.0336. The van der Waals surface area contributed by atoms with Gasteiger partial charge < -0.3 is 15.2 Å². The molecule has 0 saturated carbocycles. The largest absolute Gasteiger partial charge is 0.385 e. The first-order valence-corrected chi connectivity index (χ1v) is 14.0. The number of aryl methyl sites for hydroxylation is 1. The Labute approximate surface area is 217 Å². The van der Waals surface area contributed by atoms with Gasteiger partial charge >= 0.3 is 0 Å². The molecular weight excluding hydrogens is 478 g/mol. The zero-order valence-corrected chi connectivity index (χ0v) is 25.3. The van der Waals surface area contributed by atoms with Crippen molar-refractivity contribution in [3.05, 3.63) is 42.3 Å². The Balaban J connectivity index is 0. The third-order valence-corrected chi connectivity index (χ3v) is 6.48. The normalized spacial score (nSPS) is 14.6. The van der Waals surface area contributed by atoms with E-state index in [-0.39, 0.29) is 32.4 Å². The van der Waals surface area contributed by atoms with Gasteiger partial charge in [0.05, 0.1) is 35.9 Å². The summed E-state index contributed by atoms with van der Waals surface area (Å²) >= 11 is 0. The van der Waals surface area contributed by atoms with Crippen LogP contribution in [0.4, 0.5) is 5.69 Å². The van der Waals surface area contributed by atoms with Crippen molar-refractivity contribution in [1.82, 2.24) is 9.97 Å². The number of rotatable bonds is 13. The summed E-state index contributed by atoms with van der Waals surface area (Å²) < 4.78 is 10.7. The van der Waals surface area contributed by atoms with Crippen LogP contribution in [-0.4, -0.2) is 58.8 Å². The molecule has 0 radical (unpaired) electrons. The minimum Gasteiger partial charge on any atom is -0.385 e. The predicted molar refractivity (Wildman–Crippen MR) is 156 cm³/mol. The molecule has 5 atom stereocenters. The predicted octanol–water partition coefficient (Wildman–Crippen LogP) is 6.00. The van der Waals surface area contributed by atoms with E-state index in [1.807, 2.05) is 65.6 Å². The molecular formula is C26H48N4O3P2. The Bertz CT molecular complexity index is 771. The van der Waals surface area contributed by atoms with Crippen LogP contribution >= 0.6 is 17.8 Å². The lowest BCUT2D eigenvalue weighted by Crippen LogP contribution is -2.35. The van der Waals surface area contributed by atoms with Crippen LogP contribution < -0.4 is 5.73 Å². The van der Waals surface area contributed by atoms with Crippen molar-refractivity contribution < 1.29 is 14.3 Å². The van der Waals surface area contributed by atoms with Crippen LogP contribution in [0.3, 0.4) is 0 Å². The summed E-state index contributed by atoms with van der Waals surface area (Å²) in [6, 6.07) is -0.0656. The van der Waals surface area contributed by atoms with Gasteiger partial charge in [-0.05, 0) is 61.7 Å². The highest BCUT2D eigenvalue weighted by Gasteiger charge is 2.15. The number of carbonyl (C=O) groups is 1. The second-order valence-corrected chi connectivity index (χ2v) is 9.63. The molecule has 0 aliphatic rings. The number of methoxy groups -OCH3 is 1. The van der Waals surface area contributed by atoms with Gasteiger partial charge in [-0.25, -0.2) is 15.0 Å². The Hall–Kier alpha value is -1.36. The lowest BCUT2D eigenvalue weighted by atomic mass is 10.1. The number of carbonyl (C=O) groups excluding carboxylic acids is 1.